The summed E-state index contributed by atoms with van der Waals surface area (Å²) in [4.78, 5) is 0.709. The van der Waals surface area contributed by atoms with E-state index in [1.165, 1.54) is 0 Å². The maximum absolute atomic E-state index is 12.2. The van der Waals surface area contributed by atoms with E-state index in [1.807, 2.05) is 12.1 Å². The number of hydrogen-bond acceptors (Lipinski definition) is 4. The summed E-state index contributed by atoms with van der Waals surface area (Å²) in [7, 11) is -4.23. The first-order valence-corrected chi connectivity index (χ1v) is 9.46. The van der Waals surface area contributed by atoms with Crippen LogP contribution in [0.2, 0.25) is 0 Å². The highest BCUT2D eigenvalue weighted by molar-refractivity contribution is 7.92. The van der Waals surface area contributed by atoms with Crippen molar-refractivity contribution < 1.29 is 12.6 Å². The molecule has 0 aliphatic carbocycles. The van der Waals surface area contributed by atoms with Crippen LogP contribution >= 0.6 is 0 Å². The van der Waals surface area contributed by atoms with Crippen molar-refractivity contribution in [2.45, 2.75) is 30.4 Å². The molecule has 0 radical (unpaired) electrons. The van der Waals surface area contributed by atoms with Gasteiger partial charge in [0.15, 0.2) is 9.84 Å². The van der Waals surface area contributed by atoms with Crippen LogP contribution in [-0.2, 0) is 20.6 Å². The van der Waals surface area contributed by atoms with Gasteiger partial charge in [0.25, 0.3) is 0 Å². The molecule has 5 nitrogen and oxygen atoms in total. The number of aromatic amines is 1. The molecule has 0 spiro atoms. The van der Waals surface area contributed by atoms with Gasteiger partial charge in [-0.15, -0.1) is 0 Å². The summed E-state index contributed by atoms with van der Waals surface area (Å²) >= 11 is 0. The van der Waals surface area contributed by atoms with E-state index in [0.29, 0.717) is 17.1 Å². The quantitative estimate of drug-likeness (QED) is 0.883. The Kier molecular flexibility index (Phi) is 4.59. The van der Waals surface area contributed by atoms with Gasteiger partial charge in [-0.3, -0.25) is 9.31 Å². The molecule has 1 unspecified atom stereocenters. The monoisotopic (exact) mass is 314 g/mol. The van der Waals surface area contributed by atoms with Gasteiger partial charge in [0.2, 0.25) is 0 Å². The first-order valence-electron chi connectivity index (χ1n) is 6.43. The zero-order valence-electron chi connectivity index (χ0n) is 11.5. The predicted molar refractivity (Wildman–Crippen MR) is 80.9 cm³/mol. The Balaban J connectivity index is 1.98. The van der Waals surface area contributed by atoms with E-state index in [-0.39, 0.29) is 11.0 Å². The van der Waals surface area contributed by atoms with Crippen molar-refractivity contribution in [3.05, 3.63) is 24.4 Å². The highest BCUT2D eigenvalue weighted by Crippen LogP contribution is 2.16. The standard InChI is InChI=1S/C13H18N2O3S2/c1-10(2)20(17,18)7-3-6-19(16)12-4-5-13-11(8-12)9-14-15-13/h4-5,8-10H,3,6-7H2,1-2H3,(H,14,15). The average molecular weight is 314 g/mol. The third-order valence-corrected chi connectivity index (χ3v) is 6.88. The lowest BCUT2D eigenvalue weighted by atomic mass is 10.3. The summed E-state index contributed by atoms with van der Waals surface area (Å²) in [5, 5.41) is 7.28. The number of H-pyrrole nitrogens is 1. The molecule has 20 heavy (non-hydrogen) atoms. The van der Waals surface area contributed by atoms with Crippen molar-refractivity contribution in [1.29, 1.82) is 0 Å². The first kappa shape index (κ1) is 15.2. The number of aromatic nitrogens is 2. The Morgan fingerprint density at radius 1 is 1.35 bits per heavy atom. The summed E-state index contributed by atoms with van der Waals surface area (Å²) in [5.74, 6) is 0.444. The molecule has 0 aliphatic rings. The van der Waals surface area contributed by atoms with Gasteiger partial charge in [-0.2, -0.15) is 5.10 Å². The minimum atomic E-state index is -3.05. The first-order chi connectivity index (χ1) is 9.40. The van der Waals surface area contributed by atoms with Gasteiger partial charge in [0.05, 0.1) is 33.5 Å². The maximum Gasteiger partial charge on any atom is 0.152 e. The largest absolute Gasteiger partial charge is 0.278 e. The fourth-order valence-corrected chi connectivity index (χ4v) is 4.13. The molecule has 1 aromatic carbocycles. The van der Waals surface area contributed by atoms with Crippen LogP contribution < -0.4 is 0 Å². The van der Waals surface area contributed by atoms with Crippen LogP contribution in [0.5, 0.6) is 0 Å². The second-order valence-electron chi connectivity index (χ2n) is 4.94. The Morgan fingerprint density at radius 3 is 2.80 bits per heavy atom. The molecule has 0 aliphatic heterocycles. The van der Waals surface area contributed by atoms with Crippen LogP contribution in [0.3, 0.4) is 0 Å². The highest BCUT2D eigenvalue weighted by Gasteiger charge is 2.16. The van der Waals surface area contributed by atoms with Crippen LogP contribution in [0.4, 0.5) is 0 Å². The van der Waals surface area contributed by atoms with E-state index < -0.39 is 20.6 Å². The number of hydrogen-bond donors (Lipinski definition) is 1. The minimum absolute atomic E-state index is 0.0877. The lowest BCUT2D eigenvalue weighted by molar-refractivity contribution is 0.586. The lowest BCUT2D eigenvalue weighted by Crippen LogP contribution is -2.19. The molecule has 0 saturated heterocycles. The van der Waals surface area contributed by atoms with Gasteiger partial charge in [0.1, 0.15) is 0 Å². The fraction of sp³-hybridized carbons (Fsp3) is 0.462. The number of rotatable bonds is 6. The van der Waals surface area contributed by atoms with E-state index in [9.17, 15) is 12.6 Å². The predicted octanol–water partition coefficient (Wildman–Crippen LogP) is 1.88. The highest BCUT2D eigenvalue weighted by atomic mass is 32.2. The summed E-state index contributed by atoms with van der Waals surface area (Å²) in [5.41, 5.74) is 0.896. The second-order valence-corrected chi connectivity index (χ2v) is 9.19. The number of fused-ring (bicyclic) bond motifs is 1. The molecule has 1 heterocycles. The smallest absolute Gasteiger partial charge is 0.152 e. The van der Waals surface area contributed by atoms with Crippen LogP contribution in [0, 0.1) is 0 Å². The van der Waals surface area contributed by atoms with Gasteiger partial charge in [-0.25, -0.2) is 8.42 Å². The normalized spacial score (nSPS) is 13.9. The molecule has 2 rings (SSSR count). The van der Waals surface area contributed by atoms with Crippen LogP contribution in [-0.4, -0.2) is 39.6 Å². The van der Waals surface area contributed by atoms with E-state index in [1.54, 1.807) is 26.1 Å². The van der Waals surface area contributed by atoms with Crippen molar-refractivity contribution in [2.75, 3.05) is 11.5 Å². The summed E-state index contributed by atoms with van der Waals surface area (Å²) in [6.07, 6.45) is 2.09. The molecule has 110 valence electrons. The Hall–Kier alpha value is -1.21. The van der Waals surface area contributed by atoms with E-state index >= 15 is 0 Å². The van der Waals surface area contributed by atoms with Crippen LogP contribution in [0.15, 0.2) is 29.3 Å². The molecule has 1 N–H and O–H groups in total. The summed E-state index contributed by atoms with van der Waals surface area (Å²) in [6.45, 7) is 3.33. The molecule has 1 aromatic heterocycles. The SMILES string of the molecule is CC(C)S(=O)(=O)CCCS(=O)c1ccc2[nH]ncc2c1. The van der Waals surface area contributed by atoms with Gasteiger partial charge >= 0.3 is 0 Å². The molecule has 2 aromatic rings. The van der Waals surface area contributed by atoms with Gasteiger partial charge in [-0.1, -0.05) is 0 Å². The average Bonchev–Trinajstić information content (AvgIpc) is 2.85. The Morgan fingerprint density at radius 2 is 2.10 bits per heavy atom. The van der Waals surface area contributed by atoms with Crippen molar-refractivity contribution >= 4 is 31.5 Å². The molecular weight excluding hydrogens is 296 g/mol. The van der Waals surface area contributed by atoms with E-state index in [0.717, 1.165) is 10.9 Å². The molecule has 0 amide bonds. The number of nitrogens with zero attached hydrogens (tertiary/aromatic N) is 1. The van der Waals surface area contributed by atoms with Crippen LogP contribution in [0.1, 0.15) is 20.3 Å². The molecular formula is C13H18N2O3S2. The van der Waals surface area contributed by atoms with Crippen molar-refractivity contribution in [3.8, 4) is 0 Å². The van der Waals surface area contributed by atoms with E-state index in [2.05, 4.69) is 10.2 Å². The Labute approximate surface area is 121 Å². The van der Waals surface area contributed by atoms with Crippen molar-refractivity contribution in [3.63, 3.8) is 0 Å². The van der Waals surface area contributed by atoms with Gasteiger partial charge < -0.3 is 0 Å². The Bertz CT molecular complexity index is 720. The molecule has 0 saturated carbocycles. The van der Waals surface area contributed by atoms with E-state index in [4.69, 9.17) is 0 Å². The molecule has 1 atom stereocenters. The second kappa shape index (κ2) is 6.05. The number of sulfone groups is 1. The third-order valence-electron chi connectivity index (χ3n) is 3.15. The van der Waals surface area contributed by atoms with Crippen LogP contribution in [0.25, 0.3) is 10.9 Å². The van der Waals surface area contributed by atoms with Crippen molar-refractivity contribution in [1.82, 2.24) is 10.2 Å². The van der Waals surface area contributed by atoms with Gasteiger partial charge in [-0.05, 0) is 38.5 Å². The molecule has 0 bridgehead atoms. The number of nitrogens with one attached hydrogen (secondary N) is 1. The summed E-state index contributed by atoms with van der Waals surface area (Å²) in [6, 6.07) is 5.44. The topological polar surface area (TPSA) is 79.9 Å². The fourth-order valence-electron chi connectivity index (χ4n) is 1.81. The third kappa shape index (κ3) is 3.46. The van der Waals surface area contributed by atoms with Crippen molar-refractivity contribution in [2.24, 2.45) is 0 Å². The number of benzene rings is 1. The van der Waals surface area contributed by atoms with Gasteiger partial charge in [0, 0.05) is 16.0 Å². The maximum atomic E-state index is 12.2. The zero-order valence-corrected chi connectivity index (χ0v) is 13.1. The lowest BCUT2D eigenvalue weighted by Gasteiger charge is -2.07. The zero-order chi connectivity index (χ0) is 14.8. The molecule has 7 heteroatoms. The molecule has 0 fully saturated rings. The minimum Gasteiger partial charge on any atom is -0.278 e. The summed E-state index contributed by atoms with van der Waals surface area (Å²) < 4.78 is 35.5.